The van der Waals surface area contributed by atoms with Crippen molar-refractivity contribution < 1.29 is 0 Å². The standard InChI is InChI=1S/C60H32/c1-5-29-6-2-10-32-36-14-18-40-44-22-26-48-50-28-24-46-42-20-16-38-34-12-4-8-30-7-3-11-33(52(30)34)37-15-19-41(56(42)54(37)38)45-23-27-49(60(50)58(45)46)47-25-21-43(57(44)59(47)48)39-17-13-35(53(36)55(39)40)31(9-1)51(29)32/h1-4,9-28H,5-8H2. The molecule has 13 aromatic carbocycles. The van der Waals surface area contributed by atoms with Gasteiger partial charge in [-0.1, -0.05) is 157 Å². The fraction of sp³-hybridized carbons (Fsp3) is 0.0667. The summed E-state index contributed by atoms with van der Waals surface area (Å²) < 4.78 is 0. The Kier molecular flexibility index (Phi) is 4.86. The van der Waals surface area contributed by atoms with Crippen LogP contribution in [0.3, 0.4) is 0 Å². The van der Waals surface area contributed by atoms with E-state index in [1.54, 1.807) is 11.1 Å². The zero-order valence-electron chi connectivity index (χ0n) is 32.7. The fourth-order valence-corrected chi connectivity index (χ4v) is 13.7. The molecule has 0 saturated heterocycles. The second-order valence-electron chi connectivity index (χ2n) is 18.3. The zero-order chi connectivity index (χ0) is 38.3. The van der Waals surface area contributed by atoms with Gasteiger partial charge in [0.15, 0.2) is 0 Å². The summed E-state index contributed by atoms with van der Waals surface area (Å²) in [5.41, 5.74) is 8.76. The predicted octanol–water partition coefficient (Wildman–Crippen LogP) is 15.2. The monoisotopic (exact) mass is 752 g/mol. The Morgan fingerprint density at radius 3 is 0.567 bits per heavy atom. The molecule has 0 spiro atoms. The maximum absolute atomic E-state index is 2.45. The van der Waals surface area contributed by atoms with Gasteiger partial charge in [0, 0.05) is 0 Å². The van der Waals surface area contributed by atoms with Crippen LogP contribution in [0, 0.1) is 0 Å². The minimum atomic E-state index is 1.06. The molecule has 0 heteroatoms. The summed E-state index contributed by atoms with van der Waals surface area (Å²) in [6.45, 7) is 0. The molecule has 0 N–H and O–H groups in total. The minimum absolute atomic E-state index is 1.06. The summed E-state index contributed by atoms with van der Waals surface area (Å²) in [5.74, 6) is 0. The minimum Gasteiger partial charge on any atom is -0.0798 e. The molecule has 0 unspecified atom stereocenters. The lowest BCUT2D eigenvalue weighted by molar-refractivity contribution is 1.22. The van der Waals surface area contributed by atoms with E-state index in [1.807, 2.05) is 0 Å². The molecule has 0 radical (unpaired) electrons. The number of benzene rings is 13. The van der Waals surface area contributed by atoms with Crippen molar-refractivity contribution in [1.82, 2.24) is 0 Å². The lowest BCUT2D eigenvalue weighted by Crippen LogP contribution is -2.20. The highest BCUT2D eigenvalue weighted by atomic mass is 14.3. The number of allylic oxidation sites excluding steroid dienone is 4. The Labute approximate surface area is 342 Å². The van der Waals surface area contributed by atoms with Crippen molar-refractivity contribution in [2.24, 2.45) is 0 Å². The number of rotatable bonds is 0. The van der Waals surface area contributed by atoms with Gasteiger partial charge in [-0.05, 0) is 188 Å². The largest absolute Gasteiger partial charge is 0.0798 e. The Hall–Kier alpha value is -7.28. The van der Waals surface area contributed by atoms with Gasteiger partial charge in [0.25, 0.3) is 0 Å². The van der Waals surface area contributed by atoms with E-state index < -0.39 is 0 Å². The lowest BCUT2D eigenvalue weighted by atomic mass is 9.78. The number of hydrogen-bond acceptors (Lipinski definition) is 0. The molecule has 0 heterocycles. The van der Waals surface area contributed by atoms with Gasteiger partial charge in [-0.25, -0.2) is 0 Å². The van der Waals surface area contributed by atoms with Crippen LogP contribution in [0.1, 0.15) is 47.9 Å². The first-order valence-corrected chi connectivity index (χ1v) is 21.8. The molecular formula is C60H32. The highest BCUT2D eigenvalue weighted by Crippen LogP contribution is 2.52. The van der Waals surface area contributed by atoms with Crippen molar-refractivity contribution in [2.45, 2.75) is 25.7 Å². The van der Waals surface area contributed by atoms with E-state index in [1.165, 1.54) is 162 Å². The Bertz CT molecular complexity index is 3980. The molecule has 0 nitrogen and oxygen atoms in total. The van der Waals surface area contributed by atoms with E-state index in [0.717, 1.165) is 25.7 Å². The van der Waals surface area contributed by atoms with Crippen LogP contribution in [0.15, 0.2) is 121 Å². The van der Waals surface area contributed by atoms with E-state index in [0.29, 0.717) is 0 Å². The predicted molar refractivity (Wildman–Crippen MR) is 262 cm³/mol. The van der Waals surface area contributed by atoms with Crippen molar-refractivity contribution in [2.75, 3.05) is 0 Å². The van der Waals surface area contributed by atoms with Crippen LogP contribution in [-0.2, 0) is 0 Å². The molecule has 4 aliphatic carbocycles. The van der Waals surface area contributed by atoms with E-state index in [-0.39, 0.29) is 0 Å². The third kappa shape index (κ3) is 3.11. The molecule has 17 rings (SSSR count). The van der Waals surface area contributed by atoms with Crippen molar-refractivity contribution >= 4 is 165 Å². The van der Waals surface area contributed by atoms with Crippen LogP contribution in [0.2, 0.25) is 0 Å². The first-order valence-electron chi connectivity index (χ1n) is 21.8. The van der Waals surface area contributed by atoms with E-state index >= 15 is 0 Å². The van der Waals surface area contributed by atoms with Crippen molar-refractivity contribution in [1.29, 1.82) is 0 Å². The summed E-state index contributed by atoms with van der Waals surface area (Å²) in [5, 5.41) is 36.1. The van der Waals surface area contributed by atoms with Crippen LogP contribution in [0.5, 0.6) is 0 Å². The number of hydrogen-bond donors (Lipinski definition) is 0. The first-order chi connectivity index (χ1) is 29.8. The van der Waals surface area contributed by atoms with Crippen LogP contribution >= 0.6 is 0 Å². The summed E-state index contributed by atoms with van der Waals surface area (Å²) >= 11 is 0. The van der Waals surface area contributed by atoms with Gasteiger partial charge in [-0.2, -0.15) is 0 Å². The molecular weight excluding hydrogens is 721 g/mol. The van der Waals surface area contributed by atoms with Crippen LogP contribution in [-0.4, -0.2) is 0 Å². The van der Waals surface area contributed by atoms with Crippen molar-refractivity contribution in [3.8, 4) is 0 Å². The van der Waals surface area contributed by atoms with Gasteiger partial charge in [0.05, 0.1) is 0 Å². The average Bonchev–Trinajstić information content (AvgIpc) is 3.31. The lowest BCUT2D eigenvalue weighted by Gasteiger charge is -2.25. The molecule has 0 saturated carbocycles. The topological polar surface area (TPSA) is 0 Å². The Morgan fingerprint density at radius 2 is 0.367 bits per heavy atom. The Morgan fingerprint density at radius 1 is 0.200 bits per heavy atom. The molecule has 4 aliphatic rings. The molecule has 0 atom stereocenters. The summed E-state index contributed by atoms with van der Waals surface area (Å²) in [6, 6.07) is 39.1. The first kappa shape index (κ1) is 29.9. The molecule has 0 aliphatic heterocycles. The second kappa shape index (κ2) is 9.77. The molecule has 0 bridgehead atoms. The van der Waals surface area contributed by atoms with E-state index in [2.05, 4.69) is 146 Å². The third-order valence-electron chi connectivity index (χ3n) is 15.9. The van der Waals surface area contributed by atoms with E-state index in [4.69, 9.17) is 0 Å². The highest BCUT2D eigenvalue weighted by molar-refractivity contribution is 6.47. The third-order valence-corrected chi connectivity index (χ3v) is 15.9. The molecule has 0 amide bonds. The zero-order valence-corrected chi connectivity index (χ0v) is 32.7. The van der Waals surface area contributed by atoms with Gasteiger partial charge >= 0.3 is 0 Å². The second-order valence-corrected chi connectivity index (χ2v) is 18.3. The summed E-state index contributed by atoms with van der Waals surface area (Å²) in [4.78, 5) is 0. The van der Waals surface area contributed by atoms with Gasteiger partial charge in [-0.3, -0.25) is 0 Å². The quantitative estimate of drug-likeness (QED) is 0.107. The van der Waals surface area contributed by atoms with Gasteiger partial charge in [-0.15, -0.1) is 0 Å². The van der Waals surface area contributed by atoms with Gasteiger partial charge in [0.2, 0.25) is 0 Å². The maximum Gasteiger partial charge on any atom is -0.00139 e. The molecule has 60 heavy (non-hydrogen) atoms. The molecule has 13 aromatic rings. The fourth-order valence-electron chi connectivity index (χ4n) is 13.7. The van der Waals surface area contributed by atoms with Crippen molar-refractivity contribution in [3.05, 3.63) is 154 Å². The SMILES string of the molecule is C1=Cc2c3c(c4ccc5c6ccc7c8ccc9c%10ccc%11c%12c%13c(c%14ccc(c%15ccc(c%16ccc(c%17ccc2c4c%175)c6c%167)c8c%159)c%10c%14%11)C=CCC=%13CC=C%12)C=CCC=3C1. The maximum atomic E-state index is 2.45. The van der Waals surface area contributed by atoms with Crippen LogP contribution < -0.4 is 10.4 Å². The van der Waals surface area contributed by atoms with Crippen molar-refractivity contribution in [3.63, 3.8) is 0 Å². The summed E-state index contributed by atoms with van der Waals surface area (Å²) in [7, 11) is 0. The molecule has 0 fully saturated rings. The smallest absolute Gasteiger partial charge is 0.00139 e. The average molecular weight is 753 g/mol. The number of fused-ring (bicyclic) bond motifs is 10. The van der Waals surface area contributed by atoms with E-state index in [9.17, 15) is 0 Å². The molecule has 0 aromatic heterocycles. The van der Waals surface area contributed by atoms with Crippen LogP contribution in [0.25, 0.3) is 165 Å². The molecule has 272 valence electrons. The normalized spacial score (nSPS) is 16.1. The summed E-state index contributed by atoms with van der Waals surface area (Å²) in [6.07, 6.45) is 23.3. The highest BCUT2D eigenvalue weighted by Gasteiger charge is 2.26. The Balaban J connectivity index is 1.01. The van der Waals surface area contributed by atoms with Gasteiger partial charge < -0.3 is 0 Å². The van der Waals surface area contributed by atoms with Gasteiger partial charge in [0.1, 0.15) is 0 Å². The van der Waals surface area contributed by atoms with Crippen LogP contribution in [0.4, 0.5) is 0 Å².